The van der Waals surface area contributed by atoms with Gasteiger partial charge in [-0.2, -0.15) is 0 Å². The van der Waals surface area contributed by atoms with Gasteiger partial charge in [0.1, 0.15) is 12.7 Å². The van der Waals surface area contributed by atoms with Crippen LogP contribution in [0.5, 0.6) is 0 Å². The van der Waals surface area contributed by atoms with Gasteiger partial charge in [-0.25, -0.2) is 19.3 Å². The van der Waals surface area contributed by atoms with E-state index in [0.717, 1.165) is 0 Å². The zero-order chi connectivity index (χ0) is 48.7. The fraction of sp³-hybridized carbons (Fsp3) is 0.773. The first-order chi connectivity index (χ1) is 29.0. The molecule has 8 atom stereocenters. The van der Waals surface area contributed by atoms with Crippen molar-refractivity contribution in [1.29, 1.82) is 0 Å². The zero-order valence-corrected chi connectivity index (χ0v) is 40.6. The standard InChI is InChI=1S/C44H68N6O14/c1-39(2,3)33(51)59-23-19-57-31(27(63-37(55)43(13,14)15)25(23)61-35(53)41(7,8)9)49-21-45-29(47-49)30-46-22-50(48-30)32-28(64-38(56)44(16,17)18)26(62-36(54)42(10,11)12)24(20-58-32)60-34(52)40(4,5)6/h21-28,31-32H,19-20H2,1-18H3/t23-,24-,25+,26+,27-,28-,31-,32-/m1/s1. The Balaban J connectivity index is 1.76. The maximum absolute atomic E-state index is 13.5. The van der Waals surface area contributed by atoms with E-state index in [4.69, 9.17) is 37.9 Å². The fourth-order valence-corrected chi connectivity index (χ4v) is 5.54. The van der Waals surface area contributed by atoms with Crippen molar-refractivity contribution >= 4 is 35.8 Å². The molecular formula is C44H68N6O14. The molecule has 20 heteroatoms. The second kappa shape index (κ2) is 18.5. The Morgan fingerprint density at radius 2 is 0.656 bits per heavy atom. The van der Waals surface area contributed by atoms with Gasteiger partial charge in [-0.1, -0.05) is 0 Å². The molecule has 0 aliphatic carbocycles. The SMILES string of the molecule is CC(C)(C)C(=O)O[C@@H]1[C@@H](OC(=O)C(C)(C)C)[C@H](OC(=O)C(C)(C)C)CO[C@H]1n1cnc(-c2ncn([C@@H]3OC[C@@H](OC(=O)C(C)(C)C)[C@H](OC(=O)C(C)(C)C)[C@H]3OC(=O)C(C)(C)C)n2)n1. The minimum absolute atomic E-state index is 0.0421. The number of aromatic nitrogens is 6. The average Bonchev–Trinajstić information content (AvgIpc) is 3.82. The third-order valence-corrected chi connectivity index (χ3v) is 9.71. The third kappa shape index (κ3) is 12.6. The van der Waals surface area contributed by atoms with Crippen molar-refractivity contribution in [2.75, 3.05) is 13.2 Å². The van der Waals surface area contributed by atoms with Crippen LogP contribution in [0.1, 0.15) is 137 Å². The quantitative estimate of drug-likeness (QED) is 0.228. The first kappa shape index (κ1) is 51.7. The van der Waals surface area contributed by atoms with Crippen LogP contribution in [0.4, 0.5) is 0 Å². The predicted molar refractivity (Wildman–Crippen MR) is 225 cm³/mol. The summed E-state index contributed by atoms with van der Waals surface area (Å²) in [6.07, 6.45) is -7.77. The maximum atomic E-state index is 13.5. The molecule has 2 saturated heterocycles. The molecule has 0 unspecified atom stereocenters. The van der Waals surface area contributed by atoms with Crippen molar-refractivity contribution < 1.29 is 66.7 Å². The van der Waals surface area contributed by atoms with Crippen molar-refractivity contribution in [3.8, 4) is 11.6 Å². The summed E-state index contributed by atoms with van der Waals surface area (Å²) in [6.45, 7) is 29.3. The lowest BCUT2D eigenvalue weighted by atomic mass is 9.94. The topological polar surface area (TPSA) is 238 Å². The smallest absolute Gasteiger partial charge is 0.311 e. The third-order valence-electron chi connectivity index (χ3n) is 9.71. The highest BCUT2D eigenvalue weighted by Crippen LogP contribution is 2.37. The summed E-state index contributed by atoms with van der Waals surface area (Å²) in [5, 5.41) is 9.14. The van der Waals surface area contributed by atoms with Crippen LogP contribution < -0.4 is 0 Å². The second-order valence-corrected chi connectivity index (χ2v) is 22.4. The Morgan fingerprint density at radius 1 is 0.422 bits per heavy atom. The van der Waals surface area contributed by atoms with Gasteiger partial charge in [-0.05, 0) is 125 Å². The molecule has 2 fully saturated rings. The number of hydrogen-bond acceptors (Lipinski definition) is 18. The van der Waals surface area contributed by atoms with Crippen LogP contribution in [0.2, 0.25) is 0 Å². The molecule has 2 aliphatic heterocycles. The monoisotopic (exact) mass is 904 g/mol. The molecule has 0 aromatic carbocycles. The molecule has 20 nitrogen and oxygen atoms in total. The molecule has 0 radical (unpaired) electrons. The lowest BCUT2D eigenvalue weighted by Gasteiger charge is -2.42. The van der Waals surface area contributed by atoms with E-state index in [1.165, 1.54) is 22.0 Å². The first-order valence-electron chi connectivity index (χ1n) is 21.3. The molecule has 2 aromatic heterocycles. The summed E-state index contributed by atoms with van der Waals surface area (Å²) in [6, 6.07) is 0. The fourth-order valence-electron chi connectivity index (χ4n) is 5.54. The Kier molecular flexibility index (Phi) is 14.9. The lowest BCUT2D eigenvalue weighted by molar-refractivity contribution is -0.249. The van der Waals surface area contributed by atoms with E-state index in [9.17, 15) is 28.8 Å². The first-order valence-corrected chi connectivity index (χ1v) is 21.3. The van der Waals surface area contributed by atoms with Gasteiger partial charge in [0, 0.05) is 0 Å². The van der Waals surface area contributed by atoms with Crippen molar-refractivity contribution in [2.45, 2.75) is 174 Å². The Bertz CT molecular complexity index is 1890. The summed E-state index contributed by atoms with van der Waals surface area (Å²) in [7, 11) is 0. The van der Waals surface area contributed by atoms with Gasteiger partial charge in [-0.15, -0.1) is 10.2 Å². The Labute approximate surface area is 375 Å². The minimum atomic E-state index is -1.40. The summed E-state index contributed by atoms with van der Waals surface area (Å²) < 4.78 is 50.6. The van der Waals surface area contributed by atoms with Crippen LogP contribution in [0, 0.1) is 32.5 Å². The molecule has 2 aromatic rings. The number of ether oxygens (including phenoxy) is 8. The number of nitrogens with zero attached hydrogens (tertiary/aromatic N) is 6. The van der Waals surface area contributed by atoms with E-state index < -0.39 is 117 Å². The zero-order valence-electron chi connectivity index (χ0n) is 40.6. The van der Waals surface area contributed by atoms with Crippen LogP contribution in [0.3, 0.4) is 0 Å². The molecule has 0 N–H and O–H groups in total. The van der Waals surface area contributed by atoms with Crippen LogP contribution >= 0.6 is 0 Å². The normalized spacial score (nSPS) is 24.8. The van der Waals surface area contributed by atoms with Crippen molar-refractivity contribution in [3.05, 3.63) is 12.7 Å². The van der Waals surface area contributed by atoms with Crippen molar-refractivity contribution in [3.63, 3.8) is 0 Å². The van der Waals surface area contributed by atoms with Gasteiger partial charge in [-0.3, -0.25) is 28.8 Å². The molecule has 0 amide bonds. The molecule has 4 heterocycles. The van der Waals surface area contributed by atoms with Crippen LogP contribution in [0.15, 0.2) is 12.7 Å². The summed E-state index contributed by atoms with van der Waals surface area (Å²) >= 11 is 0. The molecule has 0 spiro atoms. The summed E-state index contributed by atoms with van der Waals surface area (Å²) in [5.41, 5.74) is -5.87. The Morgan fingerprint density at radius 3 is 0.906 bits per heavy atom. The number of esters is 6. The predicted octanol–water partition coefficient (Wildman–Crippen LogP) is 5.34. The maximum Gasteiger partial charge on any atom is 0.311 e. The van der Waals surface area contributed by atoms with E-state index >= 15 is 0 Å². The van der Waals surface area contributed by atoms with E-state index in [2.05, 4.69) is 20.2 Å². The summed E-state index contributed by atoms with van der Waals surface area (Å²) in [5.74, 6) is -3.90. The number of carbonyl (C=O) groups excluding carboxylic acids is 6. The largest absolute Gasteiger partial charge is 0.455 e. The van der Waals surface area contributed by atoms with Gasteiger partial charge >= 0.3 is 35.8 Å². The highest BCUT2D eigenvalue weighted by molar-refractivity contribution is 5.79. The Hall–Kier alpha value is -4.98. The average molecular weight is 905 g/mol. The molecule has 2 aliphatic rings. The molecule has 0 bridgehead atoms. The highest BCUT2D eigenvalue weighted by atomic mass is 16.7. The second-order valence-electron chi connectivity index (χ2n) is 22.4. The van der Waals surface area contributed by atoms with Crippen molar-refractivity contribution in [1.82, 2.24) is 29.5 Å². The number of hydrogen-bond donors (Lipinski definition) is 0. The van der Waals surface area contributed by atoms with Gasteiger partial charge < -0.3 is 37.9 Å². The number of carbonyl (C=O) groups is 6. The summed E-state index contributed by atoms with van der Waals surface area (Å²) in [4.78, 5) is 89.0. The van der Waals surface area contributed by atoms with Crippen LogP contribution in [0.25, 0.3) is 11.6 Å². The molecule has 358 valence electrons. The van der Waals surface area contributed by atoms with Gasteiger partial charge in [0.2, 0.25) is 11.6 Å². The van der Waals surface area contributed by atoms with E-state index in [0.29, 0.717) is 0 Å². The molecular weight excluding hydrogens is 837 g/mol. The lowest BCUT2D eigenvalue weighted by Crippen LogP contribution is -2.57. The van der Waals surface area contributed by atoms with Gasteiger partial charge in [0.25, 0.3) is 0 Å². The van der Waals surface area contributed by atoms with Crippen molar-refractivity contribution in [2.24, 2.45) is 32.5 Å². The van der Waals surface area contributed by atoms with E-state index in [1.807, 2.05) is 0 Å². The van der Waals surface area contributed by atoms with E-state index in [1.54, 1.807) is 125 Å². The van der Waals surface area contributed by atoms with Crippen LogP contribution in [-0.4, -0.2) is 115 Å². The number of rotatable bonds is 9. The molecule has 64 heavy (non-hydrogen) atoms. The van der Waals surface area contributed by atoms with E-state index in [-0.39, 0.29) is 24.9 Å². The highest BCUT2D eigenvalue weighted by Gasteiger charge is 2.53. The van der Waals surface area contributed by atoms with Crippen LogP contribution in [-0.2, 0) is 66.7 Å². The molecule has 0 saturated carbocycles. The minimum Gasteiger partial charge on any atom is -0.455 e. The molecule has 4 rings (SSSR count). The van der Waals surface area contributed by atoms with Gasteiger partial charge in [0.15, 0.2) is 49.1 Å². The van der Waals surface area contributed by atoms with Gasteiger partial charge in [0.05, 0.1) is 45.7 Å².